The molecule has 1 unspecified atom stereocenters. The van der Waals surface area contributed by atoms with E-state index in [1.165, 1.54) is 11.6 Å². The number of rotatable bonds is 1. The number of hydrogen-bond acceptors (Lipinski definition) is 1. The Morgan fingerprint density at radius 2 is 2.00 bits per heavy atom. The first kappa shape index (κ1) is 13.8. The van der Waals surface area contributed by atoms with Gasteiger partial charge in [-0.3, -0.25) is 0 Å². The van der Waals surface area contributed by atoms with Crippen LogP contribution in [0.25, 0.3) is 10.9 Å². The Morgan fingerprint density at radius 1 is 1.17 bits per heavy atom. The molecular formula is C18H16FN3O. The van der Waals surface area contributed by atoms with E-state index in [-0.39, 0.29) is 11.9 Å². The quantitative estimate of drug-likeness (QED) is 0.711. The van der Waals surface area contributed by atoms with E-state index in [0.29, 0.717) is 17.4 Å². The summed E-state index contributed by atoms with van der Waals surface area (Å²) in [7, 11) is 0. The number of nitrogens with zero attached hydrogens (tertiary/aromatic N) is 1. The molecule has 2 aromatic carbocycles. The fourth-order valence-electron chi connectivity index (χ4n) is 3.52. The Labute approximate surface area is 132 Å². The number of aromatic amines is 1. The number of H-pyrrole nitrogens is 1. The lowest BCUT2D eigenvalue weighted by Crippen LogP contribution is -2.43. The van der Waals surface area contributed by atoms with E-state index in [4.69, 9.17) is 5.73 Å². The van der Waals surface area contributed by atoms with Crippen molar-refractivity contribution in [2.24, 2.45) is 5.73 Å². The summed E-state index contributed by atoms with van der Waals surface area (Å²) in [6.45, 7) is 0.526. The van der Waals surface area contributed by atoms with Crippen LogP contribution in [-0.2, 0) is 6.42 Å². The van der Waals surface area contributed by atoms with Crippen molar-refractivity contribution in [3.8, 4) is 0 Å². The number of primary amides is 1. The Balaban J connectivity index is 1.98. The lowest BCUT2D eigenvalue weighted by Gasteiger charge is -2.36. The standard InChI is InChI=1S/C18H16FN3O/c19-14-6-3-7-15-16(14)13(10-21-15)17-12-5-2-1-4-11(12)8-9-22(17)18(20)23/h1-7,10,17,21H,8-9H2,(H2,20,23). The fraction of sp³-hybridized carbons (Fsp3) is 0.167. The van der Waals surface area contributed by atoms with Gasteiger partial charge in [-0.1, -0.05) is 30.3 Å². The van der Waals surface area contributed by atoms with Crippen LogP contribution in [0.4, 0.5) is 9.18 Å². The first-order valence-electron chi connectivity index (χ1n) is 7.56. The van der Waals surface area contributed by atoms with E-state index in [1.807, 2.05) is 30.3 Å². The van der Waals surface area contributed by atoms with Gasteiger partial charge in [0.25, 0.3) is 0 Å². The minimum Gasteiger partial charge on any atom is -0.361 e. The van der Waals surface area contributed by atoms with Crippen molar-refractivity contribution in [2.45, 2.75) is 12.5 Å². The molecule has 0 saturated heterocycles. The van der Waals surface area contributed by atoms with Crippen molar-refractivity contribution in [1.29, 1.82) is 0 Å². The van der Waals surface area contributed by atoms with E-state index in [0.717, 1.165) is 17.5 Å². The highest BCUT2D eigenvalue weighted by atomic mass is 19.1. The molecule has 1 aliphatic rings. The van der Waals surface area contributed by atoms with Gasteiger partial charge in [0, 0.05) is 29.2 Å². The number of amides is 2. The average Bonchev–Trinajstić information content (AvgIpc) is 2.98. The maximum atomic E-state index is 14.4. The van der Waals surface area contributed by atoms with Gasteiger partial charge >= 0.3 is 6.03 Å². The van der Waals surface area contributed by atoms with Crippen molar-refractivity contribution in [2.75, 3.05) is 6.54 Å². The van der Waals surface area contributed by atoms with Crippen LogP contribution in [0.5, 0.6) is 0 Å². The summed E-state index contributed by atoms with van der Waals surface area (Å²) < 4.78 is 14.4. The van der Waals surface area contributed by atoms with E-state index in [1.54, 1.807) is 17.2 Å². The third-order valence-corrected chi connectivity index (χ3v) is 4.55. The summed E-state index contributed by atoms with van der Waals surface area (Å²) in [6, 6.07) is 12.0. The molecule has 1 aliphatic heterocycles. The Kier molecular flexibility index (Phi) is 3.08. The minimum absolute atomic E-state index is 0.300. The molecular weight excluding hydrogens is 293 g/mol. The third-order valence-electron chi connectivity index (χ3n) is 4.55. The molecule has 4 rings (SSSR count). The molecule has 0 aliphatic carbocycles. The lowest BCUT2D eigenvalue weighted by atomic mass is 9.88. The van der Waals surface area contributed by atoms with Crippen molar-refractivity contribution >= 4 is 16.9 Å². The maximum Gasteiger partial charge on any atom is 0.315 e. The molecule has 116 valence electrons. The van der Waals surface area contributed by atoms with Crippen LogP contribution >= 0.6 is 0 Å². The number of fused-ring (bicyclic) bond motifs is 2. The van der Waals surface area contributed by atoms with Gasteiger partial charge in [-0.05, 0) is 29.7 Å². The summed E-state index contributed by atoms with van der Waals surface area (Å²) in [5.74, 6) is -0.300. The van der Waals surface area contributed by atoms with Gasteiger partial charge in [-0.2, -0.15) is 0 Å². The highest BCUT2D eigenvalue weighted by molar-refractivity contribution is 5.86. The number of carbonyl (C=O) groups excluding carboxylic acids is 1. The lowest BCUT2D eigenvalue weighted by molar-refractivity contribution is 0.190. The number of aromatic nitrogens is 1. The topological polar surface area (TPSA) is 62.1 Å². The smallest absolute Gasteiger partial charge is 0.315 e. The SMILES string of the molecule is NC(=O)N1CCc2ccccc2C1c1c[nH]c2cccc(F)c12. The Hall–Kier alpha value is -2.82. The predicted molar refractivity (Wildman–Crippen MR) is 86.5 cm³/mol. The van der Waals surface area contributed by atoms with Crippen LogP contribution in [0.15, 0.2) is 48.7 Å². The molecule has 5 heteroatoms. The highest BCUT2D eigenvalue weighted by Gasteiger charge is 2.32. The van der Waals surface area contributed by atoms with Gasteiger partial charge < -0.3 is 15.6 Å². The van der Waals surface area contributed by atoms with Gasteiger partial charge in [0.05, 0.1) is 6.04 Å². The minimum atomic E-state index is -0.491. The van der Waals surface area contributed by atoms with E-state index in [2.05, 4.69) is 4.98 Å². The summed E-state index contributed by atoms with van der Waals surface area (Å²) in [5, 5.41) is 0.514. The maximum absolute atomic E-state index is 14.4. The van der Waals surface area contributed by atoms with Crippen molar-refractivity contribution < 1.29 is 9.18 Å². The van der Waals surface area contributed by atoms with Gasteiger partial charge in [0.15, 0.2) is 0 Å². The van der Waals surface area contributed by atoms with E-state index < -0.39 is 6.03 Å². The van der Waals surface area contributed by atoms with Crippen LogP contribution in [0.3, 0.4) is 0 Å². The average molecular weight is 309 g/mol. The number of hydrogen-bond donors (Lipinski definition) is 2. The third kappa shape index (κ3) is 2.08. The van der Waals surface area contributed by atoms with Gasteiger partial charge in [0.2, 0.25) is 0 Å². The van der Waals surface area contributed by atoms with Crippen LogP contribution < -0.4 is 5.73 Å². The molecule has 1 aromatic heterocycles. The highest BCUT2D eigenvalue weighted by Crippen LogP contribution is 2.38. The second-order valence-electron chi connectivity index (χ2n) is 5.79. The number of nitrogens with one attached hydrogen (secondary N) is 1. The first-order chi connectivity index (χ1) is 11.2. The second kappa shape index (κ2) is 5.12. The summed E-state index contributed by atoms with van der Waals surface area (Å²) in [6.07, 6.45) is 2.52. The van der Waals surface area contributed by atoms with Crippen LogP contribution in [0.1, 0.15) is 22.7 Å². The summed E-state index contributed by atoms with van der Waals surface area (Å²) in [5.41, 5.74) is 9.21. The first-order valence-corrected chi connectivity index (χ1v) is 7.56. The van der Waals surface area contributed by atoms with Crippen molar-refractivity contribution in [3.05, 3.63) is 71.2 Å². The predicted octanol–water partition coefficient (Wildman–Crippen LogP) is 3.33. The zero-order chi connectivity index (χ0) is 16.0. The van der Waals surface area contributed by atoms with Gasteiger partial charge in [-0.25, -0.2) is 9.18 Å². The Bertz CT molecular complexity index is 902. The molecule has 2 heterocycles. The zero-order valence-electron chi connectivity index (χ0n) is 12.4. The molecule has 0 spiro atoms. The number of carbonyl (C=O) groups is 1. The van der Waals surface area contributed by atoms with E-state index >= 15 is 0 Å². The normalized spacial score (nSPS) is 17.3. The molecule has 0 saturated carbocycles. The summed E-state index contributed by atoms with van der Waals surface area (Å²) in [4.78, 5) is 16.6. The second-order valence-corrected chi connectivity index (χ2v) is 5.79. The molecule has 0 bridgehead atoms. The number of nitrogens with two attached hydrogens (primary N) is 1. The Morgan fingerprint density at radius 3 is 2.83 bits per heavy atom. The molecule has 3 aromatic rings. The molecule has 23 heavy (non-hydrogen) atoms. The molecule has 3 N–H and O–H groups in total. The largest absolute Gasteiger partial charge is 0.361 e. The fourth-order valence-corrected chi connectivity index (χ4v) is 3.52. The van der Waals surface area contributed by atoms with Gasteiger partial charge in [0.1, 0.15) is 5.82 Å². The van der Waals surface area contributed by atoms with Crippen molar-refractivity contribution in [1.82, 2.24) is 9.88 Å². The summed E-state index contributed by atoms with van der Waals surface area (Å²) >= 11 is 0. The number of urea groups is 1. The van der Waals surface area contributed by atoms with E-state index in [9.17, 15) is 9.18 Å². The number of benzene rings is 2. The van der Waals surface area contributed by atoms with Crippen molar-refractivity contribution in [3.63, 3.8) is 0 Å². The van der Waals surface area contributed by atoms with Gasteiger partial charge in [-0.15, -0.1) is 0 Å². The van der Waals surface area contributed by atoms with Crippen LogP contribution in [-0.4, -0.2) is 22.5 Å². The molecule has 0 fully saturated rings. The molecule has 4 nitrogen and oxygen atoms in total. The zero-order valence-corrected chi connectivity index (χ0v) is 12.4. The number of halogens is 1. The molecule has 2 amide bonds. The van der Waals surface area contributed by atoms with Crippen LogP contribution in [0, 0.1) is 5.82 Å². The van der Waals surface area contributed by atoms with Crippen LogP contribution in [0.2, 0.25) is 0 Å². The monoisotopic (exact) mass is 309 g/mol. The molecule has 1 atom stereocenters. The molecule has 0 radical (unpaired) electrons.